The number of hydrogen-bond donors (Lipinski definition) is 0. The van der Waals surface area contributed by atoms with Gasteiger partial charge in [-0.3, -0.25) is 14.6 Å². The lowest BCUT2D eigenvalue weighted by molar-refractivity contribution is 0.0193. The molecule has 0 unspecified atom stereocenters. The first kappa shape index (κ1) is 32.2. The van der Waals surface area contributed by atoms with Crippen molar-refractivity contribution in [2.24, 2.45) is 0 Å². The molecule has 1 fully saturated rings. The van der Waals surface area contributed by atoms with Gasteiger partial charge in [-0.25, -0.2) is 0 Å². The molecule has 3 aromatic rings. The van der Waals surface area contributed by atoms with Crippen LogP contribution in [-0.2, 0) is 37.2 Å². The van der Waals surface area contributed by atoms with Crippen LogP contribution in [0.3, 0.4) is 0 Å². The lowest BCUT2D eigenvalue weighted by atomic mass is 9.92. The Labute approximate surface area is 280 Å². The Hall–Kier alpha value is -3.33. The van der Waals surface area contributed by atoms with Crippen molar-refractivity contribution in [1.82, 2.24) is 19.3 Å². The van der Waals surface area contributed by atoms with E-state index in [1.807, 2.05) is 6.07 Å². The zero-order valence-corrected chi connectivity index (χ0v) is 28.5. The quantitative estimate of drug-likeness (QED) is 0.225. The largest absolute Gasteiger partial charge is 0.454 e. The molecule has 8 heteroatoms. The molecule has 1 atom stereocenters. The van der Waals surface area contributed by atoms with E-state index in [0.29, 0.717) is 17.9 Å². The van der Waals surface area contributed by atoms with Gasteiger partial charge >= 0.3 is 0 Å². The Morgan fingerprint density at radius 3 is 2.43 bits per heavy atom. The van der Waals surface area contributed by atoms with Crippen LogP contribution in [0.5, 0.6) is 11.5 Å². The fourth-order valence-electron chi connectivity index (χ4n) is 7.95. The van der Waals surface area contributed by atoms with Crippen LogP contribution in [0.1, 0.15) is 85.1 Å². The monoisotopic (exact) mass is 640 g/mol. The Balaban J connectivity index is 1.27. The highest BCUT2D eigenvalue weighted by Gasteiger charge is 2.35. The molecule has 47 heavy (non-hydrogen) atoms. The Morgan fingerprint density at radius 2 is 1.66 bits per heavy atom. The number of amides is 1. The van der Waals surface area contributed by atoms with Crippen LogP contribution in [-0.4, -0.2) is 83.9 Å². The summed E-state index contributed by atoms with van der Waals surface area (Å²) in [6, 6.07) is 15.1. The topological polar surface area (TPSA) is 59.4 Å². The second-order valence-electron chi connectivity index (χ2n) is 13.8. The van der Waals surface area contributed by atoms with Crippen molar-refractivity contribution in [3.8, 4) is 22.8 Å². The van der Waals surface area contributed by atoms with Crippen LogP contribution < -0.4 is 9.47 Å². The number of morpholine rings is 1. The van der Waals surface area contributed by atoms with Crippen molar-refractivity contribution < 1.29 is 19.0 Å². The average molecular weight is 641 g/mol. The standard InChI is InChI=1S/C39H52N4O4/c1-3-5-14-40(15-6-4-2)25-31-22-36(42-16-10-9-13-35(31)42)33-23-37-38(47-28-46-37)24-34(33)39(44)43-26-30-12-8-7-11-29(30)21-32(43)27-41-17-19-45-20-18-41/h7-8,11-12,22-24,32H,3-6,9-10,13-21,25-28H2,1-2H3/t32-/m0/s1. The van der Waals surface area contributed by atoms with E-state index < -0.39 is 0 Å². The van der Waals surface area contributed by atoms with Gasteiger partial charge in [0.05, 0.1) is 18.8 Å². The Bertz CT molecular complexity index is 1540. The van der Waals surface area contributed by atoms with Crippen LogP contribution in [0.2, 0.25) is 0 Å². The summed E-state index contributed by atoms with van der Waals surface area (Å²) in [6.45, 7) is 13.7. The first-order valence-corrected chi connectivity index (χ1v) is 18.2. The lowest BCUT2D eigenvalue weighted by Gasteiger charge is -2.40. The molecule has 1 amide bonds. The Morgan fingerprint density at radius 1 is 0.915 bits per heavy atom. The van der Waals surface area contributed by atoms with Gasteiger partial charge in [-0.1, -0.05) is 51.0 Å². The summed E-state index contributed by atoms with van der Waals surface area (Å²) in [5, 5.41) is 0. The maximum Gasteiger partial charge on any atom is 0.255 e. The van der Waals surface area contributed by atoms with Gasteiger partial charge in [0.1, 0.15) is 0 Å². The van der Waals surface area contributed by atoms with Crippen molar-refractivity contribution >= 4 is 5.91 Å². The minimum Gasteiger partial charge on any atom is -0.454 e. The molecule has 0 radical (unpaired) electrons. The molecule has 0 spiro atoms. The molecule has 0 bridgehead atoms. The smallest absolute Gasteiger partial charge is 0.255 e. The van der Waals surface area contributed by atoms with Crippen molar-refractivity contribution in [2.75, 3.05) is 52.7 Å². The number of carbonyl (C=O) groups is 1. The van der Waals surface area contributed by atoms with E-state index in [-0.39, 0.29) is 18.7 Å². The first-order valence-electron chi connectivity index (χ1n) is 18.2. The second kappa shape index (κ2) is 14.8. The molecule has 2 aromatic carbocycles. The van der Waals surface area contributed by atoms with Gasteiger partial charge in [0.2, 0.25) is 6.79 Å². The maximum atomic E-state index is 15.0. The minimum atomic E-state index is 0.0755. The van der Waals surface area contributed by atoms with Crippen LogP contribution in [0.15, 0.2) is 42.5 Å². The molecule has 1 aromatic heterocycles. The van der Waals surface area contributed by atoms with Gasteiger partial charge in [-0.05, 0) is 86.5 Å². The van der Waals surface area contributed by atoms with Gasteiger partial charge in [0.15, 0.2) is 11.5 Å². The molecule has 4 aliphatic rings. The zero-order valence-electron chi connectivity index (χ0n) is 28.5. The summed E-state index contributed by atoms with van der Waals surface area (Å²) in [5.74, 6) is 1.47. The summed E-state index contributed by atoms with van der Waals surface area (Å²) >= 11 is 0. The highest BCUT2D eigenvalue weighted by Crippen LogP contribution is 2.42. The van der Waals surface area contributed by atoms with Crippen LogP contribution in [0, 0.1) is 0 Å². The summed E-state index contributed by atoms with van der Waals surface area (Å²) in [4.78, 5) is 22.3. The van der Waals surface area contributed by atoms with E-state index in [2.05, 4.69) is 69.5 Å². The van der Waals surface area contributed by atoms with E-state index in [4.69, 9.17) is 14.2 Å². The van der Waals surface area contributed by atoms with Crippen molar-refractivity contribution in [3.63, 3.8) is 0 Å². The molecule has 1 saturated heterocycles. The normalized spacial score (nSPS) is 19.2. The third kappa shape index (κ3) is 6.96. The molecule has 0 N–H and O–H groups in total. The van der Waals surface area contributed by atoms with Gasteiger partial charge in [-0.15, -0.1) is 0 Å². The highest BCUT2D eigenvalue weighted by atomic mass is 16.7. The van der Waals surface area contributed by atoms with Crippen molar-refractivity contribution in [2.45, 2.75) is 90.9 Å². The number of benzene rings is 2. The molecule has 0 saturated carbocycles. The molecule has 8 nitrogen and oxygen atoms in total. The second-order valence-corrected chi connectivity index (χ2v) is 13.8. The third-order valence-corrected chi connectivity index (χ3v) is 10.6. The third-order valence-electron chi connectivity index (χ3n) is 10.6. The predicted octanol–water partition coefficient (Wildman–Crippen LogP) is 6.52. The average Bonchev–Trinajstić information content (AvgIpc) is 3.73. The number of unbranched alkanes of at least 4 members (excludes halogenated alkanes) is 2. The molecule has 252 valence electrons. The molecule has 7 rings (SSSR count). The van der Waals surface area contributed by atoms with E-state index in [9.17, 15) is 0 Å². The summed E-state index contributed by atoms with van der Waals surface area (Å²) in [5.41, 5.74) is 8.27. The predicted molar refractivity (Wildman–Crippen MR) is 185 cm³/mol. The van der Waals surface area contributed by atoms with Gasteiger partial charge in [0.25, 0.3) is 5.91 Å². The van der Waals surface area contributed by atoms with E-state index in [1.54, 1.807) is 0 Å². The van der Waals surface area contributed by atoms with E-state index in [1.165, 1.54) is 54.5 Å². The van der Waals surface area contributed by atoms with Crippen molar-refractivity contribution in [1.29, 1.82) is 0 Å². The van der Waals surface area contributed by atoms with Crippen LogP contribution >= 0.6 is 0 Å². The first-order chi connectivity index (χ1) is 23.1. The molecule has 4 aliphatic heterocycles. The minimum absolute atomic E-state index is 0.0755. The van der Waals surface area contributed by atoms with Crippen LogP contribution in [0.25, 0.3) is 11.3 Å². The number of rotatable bonds is 12. The number of ether oxygens (including phenoxy) is 3. The summed E-state index contributed by atoms with van der Waals surface area (Å²) in [7, 11) is 0. The fourth-order valence-corrected chi connectivity index (χ4v) is 7.95. The lowest BCUT2D eigenvalue weighted by Crippen LogP contribution is -2.52. The van der Waals surface area contributed by atoms with Gasteiger partial charge in [-0.2, -0.15) is 0 Å². The molecule has 0 aliphatic carbocycles. The Kier molecular flexibility index (Phi) is 10.2. The molecular formula is C39H52N4O4. The SMILES string of the molecule is CCCCN(CCCC)Cc1cc(-c2cc3c(cc2C(=O)N2Cc4ccccc4C[C@H]2CN2CCOCC2)OCO3)n2c1CCCC2. The maximum absolute atomic E-state index is 15.0. The van der Waals surface area contributed by atoms with Gasteiger partial charge in [0, 0.05) is 62.3 Å². The fraction of sp³-hybridized carbons (Fsp3) is 0.564. The number of carbonyl (C=O) groups excluding carboxylic acids is 1. The molecule has 5 heterocycles. The van der Waals surface area contributed by atoms with Crippen LogP contribution in [0.4, 0.5) is 0 Å². The summed E-state index contributed by atoms with van der Waals surface area (Å²) in [6.07, 6.45) is 9.16. The highest BCUT2D eigenvalue weighted by molar-refractivity contribution is 6.02. The molecular weight excluding hydrogens is 588 g/mol. The number of hydrogen-bond acceptors (Lipinski definition) is 6. The van der Waals surface area contributed by atoms with Gasteiger partial charge < -0.3 is 23.7 Å². The number of fused-ring (bicyclic) bond motifs is 3. The van der Waals surface area contributed by atoms with E-state index in [0.717, 1.165) is 95.3 Å². The number of aromatic nitrogens is 1. The number of nitrogens with zero attached hydrogens (tertiary/aromatic N) is 4. The van der Waals surface area contributed by atoms with Crippen molar-refractivity contribution in [3.05, 3.63) is 70.4 Å². The summed E-state index contributed by atoms with van der Waals surface area (Å²) < 4.78 is 20.0. The zero-order chi connectivity index (χ0) is 32.2. The van der Waals surface area contributed by atoms with E-state index >= 15 is 4.79 Å².